The lowest BCUT2D eigenvalue weighted by Crippen LogP contribution is -2.15. The summed E-state index contributed by atoms with van der Waals surface area (Å²) in [5.74, 6) is 0.551. The van der Waals surface area contributed by atoms with Gasteiger partial charge in [0.2, 0.25) is 0 Å². The summed E-state index contributed by atoms with van der Waals surface area (Å²) < 4.78 is 5.79. The fourth-order valence-electron chi connectivity index (χ4n) is 2.17. The number of nitrogens with one attached hydrogen (secondary N) is 1. The van der Waals surface area contributed by atoms with Gasteiger partial charge >= 0.3 is 0 Å². The molecule has 3 rings (SSSR count). The van der Waals surface area contributed by atoms with Crippen molar-refractivity contribution in [2.45, 2.75) is 19.6 Å². The van der Waals surface area contributed by atoms with Gasteiger partial charge in [-0.25, -0.2) is 4.98 Å². The van der Waals surface area contributed by atoms with E-state index in [-0.39, 0.29) is 11.7 Å². The van der Waals surface area contributed by atoms with Crippen molar-refractivity contribution in [3.05, 3.63) is 76.3 Å². The Kier molecular flexibility index (Phi) is 3.79. The highest BCUT2D eigenvalue weighted by molar-refractivity contribution is 5.77. The van der Waals surface area contributed by atoms with Crippen molar-refractivity contribution in [2.75, 3.05) is 0 Å². The minimum Gasteiger partial charge on any atom is -0.366 e. The van der Waals surface area contributed by atoms with Crippen LogP contribution in [0, 0.1) is 0 Å². The molecule has 0 aliphatic carbocycles. The van der Waals surface area contributed by atoms with Crippen molar-refractivity contribution in [2.24, 2.45) is 0 Å². The van der Waals surface area contributed by atoms with Crippen LogP contribution >= 0.6 is 0 Å². The van der Waals surface area contributed by atoms with Crippen molar-refractivity contribution < 1.29 is 4.74 Å². The summed E-state index contributed by atoms with van der Waals surface area (Å²) in [7, 11) is 0. The highest BCUT2D eigenvalue weighted by atomic mass is 16.5. The van der Waals surface area contributed by atoms with E-state index in [1.807, 2.05) is 55.5 Å². The summed E-state index contributed by atoms with van der Waals surface area (Å²) in [5, 5.41) is 0.594. The molecular weight excluding hydrogens is 264 g/mol. The Morgan fingerprint density at radius 2 is 1.81 bits per heavy atom. The van der Waals surface area contributed by atoms with Crippen LogP contribution in [-0.4, -0.2) is 9.97 Å². The van der Waals surface area contributed by atoms with E-state index in [2.05, 4.69) is 9.97 Å². The van der Waals surface area contributed by atoms with Gasteiger partial charge in [0.25, 0.3) is 5.56 Å². The van der Waals surface area contributed by atoms with Crippen molar-refractivity contribution in [3.63, 3.8) is 0 Å². The van der Waals surface area contributed by atoms with Crippen molar-refractivity contribution in [1.82, 2.24) is 9.97 Å². The topological polar surface area (TPSA) is 55.0 Å². The molecule has 1 heterocycles. The summed E-state index contributed by atoms with van der Waals surface area (Å²) in [6.45, 7) is 2.37. The van der Waals surface area contributed by atoms with Crippen LogP contribution in [-0.2, 0) is 11.3 Å². The zero-order valence-corrected chi connectivity index (χ0v) is 11.7. The minimum atomic E-state index is -0.275. The van der Waals surface area contributed by atoms with E-state index in [1.54, 1.807) is 6.07 Å². The number of hydrogen-bond donors (Lipinski definition) is 1. The normalized spacial score (nSPS) is 12.4. The number of para-hydroxylation sites is 1. The molecule has 0 radical (unpaired) electrons. The molecule has 0 amide bonds. The molecule has 1 atom stereocenters. The van der Waals surface area contributed by atoms with Gasteiger partial charge in [0.15, 0.2) is 0 Å². The second-order valence-corrected chi connectivity index (χ2v) is 4.91. The number of ether oxygens (including phenoxy) is 1. The van der Waals surface area contributed by atoms with Crippen LogP contribution in [0.5, 0.6) is 0 Å². The van der Waals surface area contributed by atoms with Crippen LogP contribution in [0.25, 0.3) is 10.9 Å². The maximum absolute atomic E-state index is 12.0. The summed E-state index contributed by atoms with van der Waals surface area (Å²) >= 11 is 0. The molecule has 106 valence electrons. The Morgan fingerprint density at radius 1 is 1.10 bits per heavy atom. The Balaban J connectivity index is 1.81. The molecule has 0 aliphatic heterocycles. The molecule has 1 N–H and O–H groups in total. The monoisotopic (exact) mass is 280 g/mol. The van der Waals surface area contributed by atoms with Gasteiger partial charge in [0.05, 0.1) is 17.5 Å². The predicted molar refractivity (Wildman–Crippen MR) is 82.0 cm³/mol. The lowest BCUT2D eigenvalue weighted by molar-refractivity contribution is 0.0468. The molecule has 3 aromatic rings. The SMILES string of the molecule is CC(OCc1ccccc1)c1nc2ccccc2c(=O)[nH]1. The first-order valence-corrected chi connectivity index (χ1v) is 6.88. The van der Waals surface area contributed by atoms with Crippen molar-refractivity contribution >= 4 is 10.9 Å². The number of H-pyrrole nitrogens is 1. The lowest BCUT2D eigenvalue weighted by atomic mass is 10.2. The summed E-state index contributed by atoms with van der Waals surface area (Å²) in [6, 6.07) is 17.2. The first-order valence-electron chi connectivity index (χ1n) is 6.88. The standard InChI is InChI=1S/C17H16N2O2/c1-12(21-11-13-7-3-2-4-8-13)16-18-15-10-6-5-9-14(15)17(20)19-16/h2-10,12H,11H2,1H3,(H,18,19,20). The Morgan fingerprint density at radius 3 is 2.62 bits per heavy atom. The van der Waals surface area contributed by atoms with Crippen LogP contribution in [0.15, 0.2) is 59.4 Å². The zero-order valence-electron chi connectivity index (χ0n) is 11.7. The third kappa shape index (κ3) is 3.01. The van der Waals surface area contributed by atoms with Gasteiger partial charge in [-0.2, -0.15) is 0 Å². The van der Waals surface area contributed by atoms with Crippen LogP contribution in [0.1, 0.15) is 24.4 Å². The maximum Gasteiger partial charge on any atom is 0.258 e. The third-order valence-corrected chi connectivity index (χ3v) is 3.36. The van der Waals surface area contributed by atoms with E-state index in [9.17, 15) is 4.79 Å². The van der Waals surface area contributed by atoms with Gasteiger partial charge in [-0.15, -0.1) is 0 Å². The Bertz CT molecular complexity index is 796. The van der Waals surface area contributed by atoms with E-state index in [1.165, 1.54) is 0 Å². The van der Waals surface area contributed by atoms with Crippen LogP contribution in [0.2, 0.25) is 0 Å². The minimum absolute atomic E-state index is 0.134. The van der Waals surface area contributed by atoms with Crippen LogP contribution in [0.3, 0.4) is 0 Å². The van der Waals surface area contributed by atoms with Gasteiger partial charge in [-0.05, 0) is 24.6 Å². The highest BCUT2D eigenvalue weighted by Crippen LogP contribution is 2.16. The van der Waals surface area contributed by atoms with E-state index >= 15 is 0 Å². The molecule has 0 aliphatic rings. The van der Waals surface area contributed by atoms with Crippen molar-refractivity contribution in [1.29, 1.82) is 0 Å². The molecule has 0 bridgehead atoms. The smallest absolute Gasteiger partial charge is 0.258 e. The molecule has 21 heavy (non-hydrogen) atoms. The number of aromatic amines is 1. The molecule has 1 aromatic heterocycles. The quantitative estimate of drug-likeness (QED) is 0.798. The second kappa shape index (κ2) is 5.89. The summed E-state index contributed by atoms with van der Waals surface area (Å²) in [6.07, 6.45) is -0.275. The third-order valence-electron chi connectivity index (χ3n) is 3.36. The van der Waals surface area contributed by atoms with E-state index in [4.69, 9.17) is 4.74 Å². The molecule has 4 heteroatoms. The Hall–Kier alpha value is -2.46. The van der Waals surface area contributed by atoms with E-state index in [0.29, 0.717) is 23.3 Å². The average molecular weight is 280 g/mol. The van der Waals surface area contributed by atoms with Gasteiger partial charge in [-0.1, -0.05) is 42.5 Å². The molecule has 1 unspecified atom stereocenters. The number of fused-ring (bicyclic) bond motifs is 1. The number of benzene rings is 2. The molecule has 0 saturated carbocycles. The number of rotatable bonds is 4. The first kappa shape index (κ1) is 13.5. The van der Waals surface area contributed by atoms with Crippen LogP contribution in [0.4, 0.5) is 0 Å². The number of hydrogen-bond acceptors (Lipinski definition) is 3. The lowest BCUT2D eigenvalue weighted by Gasteiger charge is -2.13. The fourth-order valence-corrected chi connectivity index (χ4v) is 2.17. The van der Waals surface area contributed by atoms with E-state index in [0.717, 1.165) is 5.56 Å². The summed E-state index contributed by atoms with van der Waals surface area (Å²) in [5.41, 5.74) is 1.64. The summed E-state index contributed by atoms with van der Waals surface area (Å²) in [4.78, 5) is 19.3. The molecule has 2 aromatic carbocycles. The van der Waals surface area contributed by atoms with Gasteiger partial charge in [0, 0.05) is 0 Å². The van der Waals surface area contributed by atoms with Gasteiger partial charge in [-0.3, -0.25) is 4.79 Å². The number of nitrogens with zero attached hydrogens (tertiary/aromatic N) is 1. The second-order valence-electron chi connectivity index (χ2n) is 4.91. The van der Waals surface area contributed by atoms with Gasteiger partial charge in [0.1, 0.15) is 11.9 Å². The predicted octanol–water partition coefficient (Wildman–Crippen LogP) is 3.20. The molecular formula is C17H16N2O2. The largest absolute Gasteiger partial charge is 0.366 e. The first-order chi connectivity index (χ1) is 10.2. The average Bonchev–Trinajstić information content (AvgIpc) is 2.53. The maximum atomic E-state index is 12.0. The Labute approximate surface area is 122 Å². The number of aromatic nitrogens is 2. The molecule has 0 spiro atoms. The van der Waals surface area contributed by atoms with E-state index < -0.39 is 0 Å². The van der Waals surface area contributed by atoms with Gasteiger partial charge < -0.3 is 9.72 Å². The fraction of sp³-hybridized carbons (Fsp3) is 0.176. The molecule has 4 nitrogen and oxygen atoms in total. The zero-order chi connectivity index (χ0) is 14.7. The molecule has 0 fully saturated rings. The highest BCUT2D eigenvalue weighted by Gasteiger charge is 2.11. The van der Waals surface area contributed by atoms with Crippen LogP contribution < -0.4 is 5.56 Å². The molecule has 0 saturated heterocycles. The van der Waals surface area contributed by atoms with Crippen molar-refractivity contribution in [3.8, 4) is 0 Å².